The Kier molecular flexibility index (Phi) is 4.42. The molecule has 2 N–H and O–H groups in total. The Labute approximate surface area is 153 Å². The number of hydrogen-bond donors (Lipinski definition) is 2. The molecule has 1 heterocycles. The van der Waals surface area contributed by atoms with E-state index in [1.807, 2.05) is 41.8 Å². The van der Waals surface area contributed by atoms with Gasteiger partial charge in [0.25, 0.3) is 0 Å². The highest BCUT2D eigenvalue weighted by Crippen LogP contribution is 2.46. The first-order chi connectivity index (χ1) is 12.2. The van der Waals surface area contributed by atoms with Crippen molar-refractivity contribution in [3.8, 4) is 0 Å². The number of amides is 1. The Morgan fingerprint density at radius 2 is 1.88 bits per heavy atom. The van der Waals surface area contributed by atoms with E-state index in [1.54, 1.807) is 11.3 Å². The van der Waals surface area contributed by atoms with E-state index in [1.165, 1.54) is 0 Å². The second kappa shape index (κ2) is 6.58. The maximum atomic E-state index is 13.2. The normalized spacial score (nSPS) is 21.6. The van der Waals surface area contributed by atoms with Crippen molar-refractivity contribution in [2.75, 3.05) is 6.54 Å². The van der Waals surface area contributed by atoms with Crippen LogP contribution >= 0.6 is 11.3 Å². The number of hydrogen-bond acceptors (Lipinski definition) is 3. The molecule has 2 saturated carbocycles. The quantitative estimate of drug-likeness (QED) is 0.824. The van der Waals surface area contributed by atoms with Gasteiger partial charge in [0.2, 0.25) is 5.91 Å². The monoisotopic (exact) mass is 355 g/mol. The molecule has 0 spiro atoms. The van der Waals surface area contributed by atoms with Gasteiger partial charge in [0.15, 0.2) is 0 Å². The smallest absolute Gasteiger partial charge is 0.231 e. The second-order valence-corrected chi connectivity index (χ2v) is 8.46. The SMILES string of the molecule is O=C(NCC(O)(c1ccccc1)C1CC1)C1(c2cccs2)CCCC1. The summed E-state index contributed by atoms with van der Waals surface area (Å²) in [6.07, 6.45) is 6.06. The van der Waals surface area contributed by atoms with Crippen LogP contribution in [-0.4, -0.2) is 17.6 Å². The summed E-state index contributed by atoms with van der Waals surface area (Å²) in [5.74, 6) is 0.332. The molecule has 132 valence electrons. The molecule has 1 atom stereocenters. The number of carbonyl (C=O) groups excluding carboxylic acids is 1. The van der Waals surface area contributed by atoms with Gasteiger partial charge in [-0.25, -0.2) is 0 Å². The average molecular weight is 356 g/mol. The third-order valence-electron chi connectivity index (χ3n) is 5.93. The highest BCUT2D eigenvalue weighted by atomic mass is 32.1. The second-order valence-electron chi connectivity index (χ2n) is 7.51. The third kappa shape index (κ3) is 3.02. The molecule has 1 aromatic carbocycles. The first-order valence-corrected chi connectivity index (χ1v) is 10.1. The van der Waals surface area contributed by atoms with Gasteiger partial charge in [-0.15, -0.1) is 11.3 Å². The van der Waals surface area contributed by atoms with Gasteiger partial charge in [-0.1, -0.05) is 49.2 Å². The van der Waals surface area contributed by atoms with Crippen molar-refractivity contribution >= 4 is 17.2 Å². The van der Waals surface area contributed by atoms with Gasteiger partial charge in [-0.2, -0.15) is 0 Å². The number of rotatable bonds is 6. The number of carbonyl (C=O) groups is 1. The maximum Gasteiger partial charge on any atom is 0.231 e. The van der Waals surface area contributed by atoms with E-state index in [-0.39, 0.29) is 11.8 Å². The molecule has 0 radical (unpaired) electrons. The van der Waals surface area contributed by atoms with Crippen LogP contribution in [-0.2, 0) is 15.8 Å². The lowest BCUT2D eigenvalue weighted by molar-refractivity contribution is -0.128. The van der Waals surface area contributed by atoms with Crippen molar-refractivity contribution in [3.05, 3.63) is 58.3 Å². The number of thiophene rings is 1. The van der Waals surface area contributed by atoms with Gasteiger partial charge in [-0.05, 0) is 48.6 Å². The van der Waals surface area contributed by atoms with Crippen LogP contribution in [0.25, 0.3) is 0 Å². The van der Waals surface area contributed by atoms with Crippen molar-refractivity contribution in [1.82, 2.24) is 5.32 Å². The lowest BCUT2D eigenvalue weighted by atomic mass is 9.82. The highest BCUT2D eigenvalue weighted by molar-refractivity contribution is 7.10. The zero-order valence-electron chi connectivity index (χ0n) is 14.4. The fourth-order valence-electron chi connectivity index (χ4n) is 4.27. The molecule has 4 heteroatoms. The third-order valence-corrected chi connectivity index (χ3v) is 7.00. The maximum absolute atomic E-state index is 13.2. The van der Waals surface area contributed by atoms with E-state index in [9.17, 15) is 9.90 Å². The Bertz CT molecular complexity index is 718. The van der Waals surface area contributed by atoms with Gasteiger partial charge in [0.1, 0.15) is 5.60 Å². The Morgan fingerprint density at radius 3 is 2.48 bits per heavy atom. The lowest BCUT2D eigenvalue weighted by Crippen LogP contribution is -2.48. The molecule has 4 rings (SSSR count). The molecular formula is C21H25NO2S. The summed E-state index contributed by atoms with van der Waals surface area (Å²) in [5.41, 5.74) is -0.434. The first kappa shape index (κ1) is 16.8. The standard InChI is InChI=1S/C21H25NO2S/c23-19(20(12-4-5-13-20)18-9-6-14-25-18)22-15-21(24,17-10-11-17)16-7-2-1-3-8-16/h1-3,6-9,14,17,24H,4-5,10-13,15H2,(H,22,23). The van der Waals surface area contributed by atoms with E-state index in [0.29, 0.717) is 6.54 Å². The summed E-state index contributed by atoms with van der Waals surface area (Å²) in [5, 5.41) is 16.5. The van der Waals surface area contributed by atoms with Gasteiger partial charge in [0.05, 0.1) is 12.0 Å². The van der Waals surface area contributed by atoms with Gasteiger partial charge < -0.3 is 10.4 Å². The van der Waals surface area contributed by atoms with Gasteiger partial charge in [0, 0.05) is 4.88 Å². The molecule has 25 heavy (non-hydrogen) atoms. The molecule has 2 aliphatic carbocycles. The molecule has 2 aliphatic rings. The van der Waals surface area contributed by atoms with Crippen LogP contribution in [0.4, 0.5) is 0 Å². The lowest BCUT2D eigenvalue weighted by Gasteiger charge is -2.32. The Balaban J connectivity index is 1.54. The summed E-state index contributed by atoms with van der Waals surface area (Å²) in [7, 11) is 0. The van der Waals surface area contributed by atoms with Crippen LogP contribution in [0.1, 0.15) is 49.0 Å². The van der Waals surface area contributed by atoms with E-state index in [4.69, 9.17) is 0 Å². The summed E-state index contributed by atoms with van der Waals surface area (Å²) in [6, 6.07) is 13.9. The number of benzene rings is 1. The van der Waals surface area contributed by atoms with E-state index in [0.717, 1.165) is 49.0 Å². The molecule has 0 saturated heterocycles. The fourth-order valence-corrected chi connectivity index (χ4v) is 5.25. The van der Waals surface area contributed by atoms with Crippen LogP contribution in [0, 0.1) is 5.92 Å². The number of nitrogens with one attached hydrogen (secondary N) is 1. The minimum absolute atomic E-state index is 0.0856. The minimum atomic E-state index is -0.952. The van der Waals surface area contributed by atoms with Gasteiger partial charge in [-0.3, -0.25) is 4.79 Å². The van der Waals surface area contributed by atoms with E-state index < -0.39 is 11.0 Å². The van der Waals surface area contributed by atoms with E-state index in [2.05, 4.69) is 11.4 Å². The highest BCUT2D eigenvalue weighted by Gasteiger charge is 2.48. The largest absolute Gasteiger partial charge is 0.383 e. The molecule has 0 aliphatic heterocycles. The Hall–Kier alpha value is -1.65. The zero-order valence-corrected chi connectivity index (χ0v) is 15.2. The van der Waals surface area contributed by atoms with Crippen molar-refractivity contribution in [2.45, 2.75) is 49.5 Å². The number of aliphatic hydroxyl groups is 1. The first-order valence-electron chi connectivity index (χ1n) is 9.25. The average Bonchev–Trinajstić information content (AvgIpc) is 3.15. The fraction of sp³-hybridized carbons (Fsp3) is 0.476. The predicted molar refractivity (Wildman–Crippen MR) is 101 cm³/mol. The van der Waals surface area contributed by atoms with Crippen LogP contribution in [0.3, 0.4) is 0 Å². The summed E-state index contributed by atoms with van der Waals surface area (Å²) in [4.78, 5) is 14.3. The van der Waals surface area contributed by atoms with Crippen molar-refractivity contribution in [3.63, 3.8) is 0 Å². The van der Waals surface area contributed by atoms with Gasteiger partial charge >= 0.3 is 0 Å². The Morgan fingerprint density at radius 1 is 1.16 bits per heavy atom. The van der Waals surface area contributed by atoms with Crippen molar-refractivity contribution in [1.29, 1.82) is 0 Å². The molecule has 2 fully saturated rings. The summed E-state index contributed by atoms with van der Waals surface area (Å²) >= 11 is 1.67. The minimum Gasteiger partial charge on any atom is -0.383 e. The van der Waals surface area contributed by atoms with Crippen LogP contribution in [0.2, 0.25) is 0 Å². The molecule has 1 amide bonds. The predicted octanol–water partition coefficient (Wildman–Crippen LogP) is 3.97. The summed E-state index contributed by atoms with van der Waals surface area (Å²) in [6.45, 7) is 0.299. The van der Waals surface area contributed by atoms with E-state index >= 15 is 0 Å². The zero-order chi connectivity index (χ0) is 17.3. The van der Waals surface area contributed by atoms with Crippen LogP contribution < -0.4 is 5.32 Å². The molecule has 1 aromatic heterocycles. The molecular weight excluding hydrogens is 330 g/mol. The topological polar surface area (TPSA) is 49.3 Å². The van der Waals surface area contributed by atoms with Crippen LogP contribution in [0.15, 0.2) is 47.8 Å². The molecule has 2 aromatic rings. The molecule has 1 unspecified atom stereocenters. The van der Waals surface area contributed by atoms with Crippen LogP contribution in [0.5, 0.6) is 0 Å². The molecule has 0 bridgehead atoms. The molecule has 3 nitrogen and oxygen atoms in total. The van der Waals surface area contributed by atoms with Crippen molar-refractivity contribution < 1.29 is 9.90 Å². The summed E-state index contributed by atoms with van der Waals surface area (Å²) < 4.78 is 0. The van der Waals surface area contributed by atoms with Crippen molar-refractivity contribution in [2.24, 2.45) is 5.92 Å².